The van der Waals surface area contributed by atoms with Crippen LogP contribution in [0, 0.1) is 5.41 Å². The first-order valence-electron chi connectivity index (χ1n) is 22.6. The average Bonchev–Trinajstić information content (AvgIpc) is 3.31. The fourth-order valence-electron chi connectivity index (χ4n) is 8.29. The molecule has 0 saturated carbocycles. The van der Waals surface area contributed by atoms with Gasteiger partial charge in [0.1, 0.15) is 91.1 Å². The highest BCUT2D eigenvalue weighted by Gasteiger charge is 2.61. The second-order valence-electron chi connectivity index (χ2n) is 18.3. The summed E-state index contributed by atoms with van der Waals surface area (Å²) >= 11 is 0. The molecule has 4 aliphatic heterocycles. The Morgan fingerprint density at radius 1 is 0.757 bits per heavy atom. The van der Waals surface area contributed by atoms with Gasteiger partial charge in [-0.05, 0) is 37.6 Å². The second-order valence-corrected chi connectivity index (χ2v) is 18.3. The van der Waals surface area contributed by atoms with Gasteiger partial charge in [0.05, 0.1) is 38.1 Å². The van der Waals surface area contributed by atoms with Gasteiger partial charge in [-0.1, -0.05) is 20.8 Å². The van der Waals surface area contributed by atoms with E-state index in [2.05, 4.69) is 16.0 Å². The van der Waals surface area contributed by atoms with E-state index < -0.39 is 178 Å². The maximum Gasteiger partial charge on any atom is 0.364 e. The predicted molar refractivity (Wildman–Crippen MR) is 230 cm³/mol. The molecule has 27 nitrogen and oxygen atoms in total. The first-order valence-corrected chi connectivity index (χ1v) is 22.6. The van der Waals surface area contributed by atoms with Crippen molar-refractivity contribution in [1.82, 2.24) is 10.6 Å². The van der Waals surface area contributed by atoms with E-state index in [9.17, 15) is 80.5 Å². The Bertz CT molecular complexity index is 1920. The number of nitrogens with one attached hydrogen (secondary N) is 3. The van der Waals surface area contributed by atoms with Gasteiger partial charge in [-0.2, -0.15) is 0 Å². The molecule has 398 valence electrons. The lowest BCUT2D eigenvalue weighted by molar-refractivity contribution is -0.389. The molecule has 5 rings (SSSR count). The van der Waals surface area contributed by atoms with E-state index in [1.54, 1.807) is 13.8 Å². The van der Waals surface area contributed by atoms with Gasteiger partial charge in [0.2, 0.25) is 24.0 Å². The van der Waals surface area contributed by atoms with Gasteiger partial charge in [-0.3, -0.25) is 14.4 Å². The van der Waals surface area contributed by atoms with Crippen LogP contribution in [0.15, 0.2) is 24.3 Å². The van der Waals surface area contributed by atoms with Crippen LogP contribution in [0.1, 0.15) is 54.4 Å². The van der Waals surface area contributed by atoms with Crippen molar-refractivity contribution in [2.24, 2.45) is 5.41 Å². The van der Waals surface area contributed by atoms with E-state index >= 15 is 0 Å². The minimum atomic E-state index is -3.15. The molecule has 0 spiro atoms. The van der Waals surface area contributed by atoms with Crippen LogP contribution in [0.4, 0.5) is 5.69 Å². The van der Waals surface area contributed by atoms with E-state index in [0.717, 1.165) is 13.8 Å². The van der Waals surface area contributed by atoms with Crippen molar-refractivity contribution in [2.45, 2.75) is 183 Å². The first kappa shape index (κ1) is 57.1. The second kappa shape index (κ2) is 23.8. The van der Waals surface area contributed by atoms with Crippen LogP contribution < -0.4 is 20.7 Å². The largest absolute Gasteiger partial charge is 0.477 e. The number of rotatable bonds is 19. The van der Waals surface area contributed by atoms with Crippen molar-refractivity contribution >= 4 is 29.4 Å². The molecule has 70 heavy (non-hydrogen) atoms. The van der Waals surface area contributed by atoms with E-state index in [4.69, 9.17) is 37.9 Å². The molecule has 0 bridgehead atoms. The SMILES string of the molecule is CCC(C)(C)C(=O)Nc1ccc(O[C@@H]2OC(CO)[C@H](O[C@@H]3OC(CO)[C@H](O)[C@H](O[C@]4(C(=O)O)C[C@H](O)[C@@H](NC(C)=O)C([C@H](O)[C@H](O)CO)O4)C3O)[C@H](O[C@@H]3OC(C)[C@H](O)[C@@H](O)C3O)C2NC(C)=O)cc1. The van der Waals surface area contributed by atoms with Gasteiger partial charge in [0, 0.05) is 31.4 Å². The third-order valence-corrected chi connectivity index (χ3v) is 12.8. The fraction of sp³-hybridized carbons (Fsp3) is 0.767. The lowest BCUT2D eigenvalue weighted by Gasteiger charge is -2.51. The van der Waals surface area contributed by atoms with Crippen LogP contribution in [0.25, 0.3) is 0 Å². The van der Waals surface area contributed by atoms with Crippen LogP contribution in [-0.2, 0) is 52.3 Å². The summed E-state index contributed by atoms with van der Waals surface area (Å²) in [6, 6.07) is 2.75. The molecule has 3 amide bonds. The molecule has 4 aliphatic rings. The number of anilines is 1. The van der Waals surface area contributed by atoms with Crippen molar-refractivity contribution in [2.75, 3.05) is 25.1 Å². The number of carboxylic acids is 1. The van der Waals surface area contributed by atoms with Crippen LogP contribution in [0.2, 0.25) is 0 Å². The Morgan fingerprint density at radius 2 is 1.33 bits per heavy atom. The molecule has 7 unspecified atom stereocenters. The Balaban J connectivity index is 1.52. The molecule has 4 heterocycles. The molecule has 1 aromatic rings. The van der Waals surface area contributed by atoms with Crippen molar-refractivity contribution in [1.29, 1.82) is 0 Å². The number of carbonyl (C=O) groups excluding carboxylic acids is 3. The Kier molecular flexibility index (Phi) is 19.4. The number of aliphatic carboxylic acids is 1. The summed E-state index contributed by atoms with van der Waals surface area (Å²) in [5, 5.41) is 137. The first-order chi connectivity index (χ1) is 32.8. The highest BCUT2D eigenvalue weighted by molar-refractivity contribution is 5.94. The molecule has 1 aromatic carbocycles. The average molecular weight is 1010 g/mol. The predicted octanol–water partition coefficient (Wildman–Crippen LogP) is -5.77. The van der Waals surface area contributed by atoms with Crippen molar-refractivity contribution in [3.8, 4) is 5.75 Å². The molecule has 0 radical (unpaired) electrons. The number of hydrogen-bond donors (Lipinski definition) is 15. The fourth-order valence-corrected chi connectivity index (χ4v) is 8.29. The number of aliphatic hydroxyl groups excluding tert-OH is 11. The van der Waals surface area contributed by atoms with Gasteiger partial charge in [0.25, 0.3) is 5.79 Å². The highest BCUT2D eigenvalue weighted by atomic mass is 16.8. The molecule has 15 N–H and O–H groups in total. The minimum Gasteiger partial charge on any atom is -0.477 e. The summed E-state index contributed by atoms with van der Waals surface area (Å²) in [7, 11) is 0. The van der Waals surface area contributed by atoms with Gasteiger partial charge in [0.15, 0.2) is 12.6 Å². The lowest BCUT2D eigenvalue weighted by Crippen LogP contribution is -2.71. The van der Waals surface area contributed by atoms with Crippen LogP contribution in [0.5, 0.6) is 5.75 Å². The van der Waals surface area contributed by atoms with Gasteiger partial charge in [-0.25, -0.2) is 4.79 Å². The van der Waals surface area contributed by atoms with Crippen molar-refractivity contribution in [3.63, 3.8) is 0 Å². The standard InChI is InChI=1S/C43H67N3O24/c1-7-42(5,6)40(60)46-19-8-10-20(11-9-19)64-37-26(45-18(4)51)35(68-38-31(58)30(57)27(54)16(2)63-38)33(24(15-49)66-37)67-39-32(59)36(29(56)23(14-48)65-39)70-43(41(61)62)12-21(52)25(44-17(3)50)34(69-43)28(55)22(53)13-47/h8-11,16,21-39,47-49,52-59H,7,12-15H2,1-6H3,(H,44,50)(H,45,51)(H,46,60)(H,61,62)/t16?,21-,22+,23?,24?,25+,26?,27-,28+,29-,30+,31?,32?,33-,34?,35+,36-,37+,38-,39-,43-/m0/s1. The van der Waals surface area contributed by atoms with Gasteiger partial charge in [-0.15, -0.1) is 0 Å². The molecular formula is C43H67N3O24. The van der Waals surface area contributed by atoms with Gasteiger partial charge >= 0.3 is 5.97 Å². The number of ether oxygens (including phenoxy) is 8. The number of hydrogen-bond acceptors (Lipinski definition) is 23. The van der Waals surface area contributed by atoms with Crippen molar-refractivity contribution < 1.29 is 118 Å². The van der Waals surface area contributed by atoms with Gasteiger partial charge < -0.3 is 115 Å². The molecule has 4 saturated heterocycles. The maximum atomic E-state index is 13.1. The molecular weight excluding hydrogens is 942 g/mol. The van der Waals surface area contributed by atoms with E-state index in [0.29, 0.717) is 12.1 Å². The minimum absolute atomic E-state index is 0.0845. The number of carbonyl (C=O) groups is 4. The monoisotopic (exact) mass is 1010 g/mol. The van der Waals surface area contributed by atoms with Crippen LogP contribution >= 0.6 is 0 Å². The summed E-state index contributed by atoms with van der Waals surface area (Å²) in [4.78, 5) is 50.9. The molecule has 0 aliphatic carbocycles. The number of aliphatic hydroxyl groups is 11. The quantitative estimate of drug-likeness (QED) is 0.0614. The summed E-state index contributed by atoms with van der Waals surface area (Å²) in [5.74, 6) is -6.88. The summed E-state index contributed by atoms with van der Waals surface area (Å²) < 4.78 is 47.7. The van der Waals surface area contributed by atoms with Crippen LogP contribution in [0.3, 0.4) is 0 Å². The van der Waals surface area contributed by atoms with Crippen LogP contribution in [-0.4, -0.2) is 233 Å². The smallest absolute Gasteiger partial charge is 0.364 e. The zero-order valence-corrected chi connectivity index (χ0v) is 39.2. The molecule has 27 heteroatoms. The van der Waals surface area contributed by atoms with E-state index in [-0.39, 0.29) is 11.7 Å². The summed E-state index contributed by atoms with van der Waals surface area (Å²) in [5.41, 5.74) is -0.292. The molecule has 21 atom stereocenters. The van der Waals surface area contributed by atoms with Crippen molar-refractivity contribution in [3.05, 3.63) is 24.3 Å². The normalized spacial score (nSPS) is 39.0. The zero-order valence-electron chi connectivity index (χ0n) is 39.2. The molecule has 0 aromatic heterocycles. The topological polar surface area (TPSA) is 421 Å². The number of amides is 3. The summed E-state index contributed by atoms with van der Waals surface area (Å²) in [6.45, 7) is 5.73. The van der Waals surface area contributed by atoms with E-state index in [1.165, 1.54) is 31.2 Å². The lowest BCUT2D eigenvalue weighted by atomic mass is 9.88. The zero-order chi connectivity index (χ0) is 52.2. The Labute approximate surface area is 401 Å². The third kappa shape index (κ3) is 12.7. The molecule has 4 fully saturated rings. The number of carboxylic acid groups (broad SMARTS) is 1. The number of benzene rings is 1. The third-order valence-electron chi connectivity index (χ3n) is 12.8. The Morgan fingerprint density at radius 3 is 1.89 bits per heavy atom. The Hall–Kier alpha value is -3.82. The van der Waals surface area contributed by atoms with E-state index in [1.807, 2.05) is 6.92 Å². The highest BCUT2D eigenvalue weighted by Crippen LogP contribution is 2.39. The maximum absolute atomic E-state index is 13.1. The summed E-state index contributed by atoms with van der Waals surface area (Å²) in [6.07, 6.45) is -34.7.